The predicted molar refractivity (Wildman–Crippen MR) is 212 cm³/mol. The zero-order valence-corrected chi connectivity index (χ0v) is 35.1. The maximum atomic E-state index is 12.4. The summed E-state index contributed by atoms with van der Waals surface area (Å²) in [6.45, 7) is 2.18. The van der Waals surface area contributed by atoms with E-state index in [2.05, 4.69) is 6.92 Å². The Morgan fingerprint density at radius 3 is 1.20 bits per heavy atom. The SMILES string of the molecule is CCCCCCCCCCCCCCCCCCCCCCCCCCCCCC(=O)OC[C@H](COP(=O)(O)OC1C(O)C(O)C(O)[C@@H](O)C1O)OC(C)=O. The van der Waals surface area contributed by atoms with Crippen LogP contribution in [0, 0.1) is 0 Å². The van der Waals surface area contributed by atoms with Crippen LogP contribution in [-0.2, 0) is 32.7 Å². The van der Waals surface area contributed by atoms with Gasteiger partial charge in [-0.2, -0.15) is 0 Å². The maximum absolute atomic E-state index is 12.4. The molecule has 6 unspecified atom stereocenters. The molecule has 55 heavy (non-hydrogen) atoms. The Morgan fingerprint density at radius 2 is 0.855 bits per heavy atom. The molecule has 0 amide bonds. The van der Waals surface area contributed by atoms with E-state index in [0.717, 1.165) is 26.2 Å². The third-order valence-corrected chi connectivity index (χ3v) is 11.5. The largest absolute Gasteiger partial charge is 0.472 e. The van der Waals surface area contributed by atoms with Crippen molar-refractivity contribution in [1.29, 1.82) is 0 Å². The highest BCUT2D eigenvalue weighted by molar-refractivity contribution is 7.47. The minimum absolute atomic E-state index is 0.169. The molecule has 0 aromatic heterocycles. The molecule has 1 aliphatic rings. The second-order valence-corrected chi connectivity index (χ2v) is 17.1. The molecule has 1 rings (SSSR count). The van der Waals surface area contributed by atoms with Crippen LogP contribution in [0.2, 0.25) is 0 Å². The molecule has 13 nitrogen and oxygen atoms in total. The van der Waals surface area contributed by atoms with Crippen LogP contribution in [-0.4, -0.2) is 98.3 Å². The van der Waals surface area contributed by atoms with Crippen molar-refractivity contribution in [3.05, 3.63) is 0 Å². The van der Waals surface area contributed by atoms with Crippen LogP contribution in [0.25, 0.3) is 0 Å². The van der Waals surface area contributed by atoms with Crippen molar-refractivity contribution < 1.29 is 63.1 Å². The molecule has 0 aliphatic heterocycles. The lowest BCUT2D eigenvalue weighted by Gasteiger charge is -2.41. The molecule has 0 saturated heterocycles. The Labute approximate surface area is 331 Å². The number of ether oxygens (including phenoxy) is 2. The van der Waals surface area contributed by atoms with Crippen molar-refractivity contribution in [3.8, 4) is 0 Å². The van der Waals surface area contributed by atoms with E-state index in [1.54, 1.807) is 0 Å². The lowest BCUT2D eigenvalue weighted by Crippen LogP contribution is -2.64. The Bertz CT molecular complexity index is 985. The van der Waals surface area contributed by atoms with E-state index < -0.39 is 75.7 Å². The average Bonchev–Trinajstić information content (AvgIpc) is 3.15. The number of phosphoric acid groups is 1. The van der Waals surface area contributed by atoms with Crippen LogP contribution in [0.5, 0.6) is 0 Å². The van der Waals surface area contributed by atoms with Gasteiger partial charge in [0.25, 0.3) is 0 Å². The second-order valence-electron chi connectivity index (χ2n) is 15.6. The number of carbonyl (C=O) groups excluding carboxylic acids is 2. The lowest BCUT2D eigenvalue weighted by atomic mass is 9.85. The molecule has 326 valence electrons. The molecule has 0 aromatic carbocycles. The van der Waals surface area contributed by atoms with Crippen LogP contribution >= 0.6 is 7.82 Å². The van der Waals surface area contributed by atoms with E-state index in [9.17, 15) is 44.6 Å². The highest BCUT2D eigenvalue weighted by Gasteiger charge is 2.51. The van der Waals surface area contributed by atoms with Crippen LogP contribution in [0.4, 0.5) is 0 Å². The van der Waals surface area contributed by atoms with Gasteiger partial charge in [0.05, 0.1) is 6.61 Å². The zero-order chi connectivity index (χ0) is 40.7. The summed E-state index contributed by atoms with van der Waals surface area (Å²) in [6, 6.07) is 0. The van der Waals surface area contributed by atoms with Gasteiger partial charge in [-0.1, -0.05) is 174 Å². The molecule has 0 aromatic rings. The maximum Gasteiger partial charge on any atom is 0.472 e. The van der Waals surface area contributed by atoms with E-state index in [4.69, 9.17) is 18.5 Å². The number of aliphatic hydroxyl groups excluding tert-OH is 5. The monoisotopic (exact) mass is 811 g/mol. The van der Waals surface area contributed by atoms with Crippen LogP contribution in [0.1, 0.15) is 194 Å². The van der Waals surface area contributed by atoms with Gasteiger partial charge < -0.3 is 39.9 Å². The highest BCUT2D eigenvalue weighted by Crippen LogP contribution is 2.47. The second kappa shape index (κ2) is 32.8. The molecule has 14 heteroatoms. The van der Waals surface area contributed by atoms with Gasteiger partial charge in [0.15, 0.2) is 6.10 Å². The van der Waals surface area contributed by atoms with Crippen molar-refractivity contribution in [2.24, 2.45) is 0 Å². The summed E-state index contributed by atoms with van der Waals surface area (Å²) in [6.07, 6.45) is 22.3. The molecular formula is C41H79O13P. The quantitative estimate of drug-likeness (QED) is 0.0204. The van der Waals surface area contributed by atoms with Gasteiger partial charge in [0, 0.05) is 13.3 Å². The molecule has 0 bridgehead atoms. The normalized spacial score (nSPS) is 23.0. The first-order valence-electron chi connectivity index (χ1n) is 21.8. The van der Waals surface area contributed by atoms with E-state index in [-0.39, 0.29) is 6.42 Å². The predicted octanol–water partition coefficient (Wildman–Crippen LogP) is 7.72. The first kappa shape index (κ1) is 51.9. The molecule has 6 N–H and O–H groups in total. The Hall–Kier alpha value is -1.15. The summed E-state index contributed by atoms with van der Waals surface area (Å²) in [5.41, 5.74) is 0. The Kier molecular flexibility index (Phi) is 30.9. The van der Waals surface area contributed by atoms with E-state index >= 15 is 0 Å². The average molecular weight is 811 g/mol. The topological polar surface area (TPSA) is 210 Å². The minimum Gasteiger partial charge on any atom is -0.462 e. The number of carbonyl (C=O) groups is 2. The first-order chi connectivity index (χ1) is 26.4. The summed E-state index contributed by atoms with van der Waals surface area (Å²) in [5, 5.41) is 49.3. The van der Waals surface area contributed by atoms with Crippen LogP contribution in [0.15, 0.2) is 0 Å². The standard InChI is InChI=1S/C41H79O13P/c1-3-4-5-6-7-8-9-10-11-12-13-14-15-16-17-18-19-20-21-22-23-24-25-26-27-28-29-30-35(43)51-31-34(53-33(2)42)32-52-55(49,50)54-41-39(47)37(45)36(44)38(46)40(41)48/h34,36-41,44-48H,3-32H2,1-2H3,(H,49,50)/t34-,36?,37-,38?,39?,40?,41?/m1/s1. The molecule has 0 heterocycles. The smallest absolute Gasteiger partial charge is 0.462 e. The molecule has 0 radical (unpaired) electrons. The third kappa shape index (κ3) is 26.5. The minimum atomic E-state index is -5.06. The van der Waals surface area contributed by atoms with Crippen LogP contribution in [0.3, 0.4) is 0 Å². The van der Waals surface area contributed by atoms with E-state index in [1.165, 1.54) is 148 Å². The molecule has 1 fully saturated rings. The molecular weight excluding hydrogens is 731 g/mol. The van der Waals surface area contributed by atoms with Gasteiger partial charge >= 0.3 is 19.8 Å². The molecule has 1 aliphatic carbocycles. The summed E-state index contributed by atoms with van der Waals surface area (Å²) in [7, 11) is -5.06. The van der Waals surface area contributed by atoms with Gasteiger partial charge in [-0.25, -0.2) is 4.57 Å². The summed E-state index contributed by atoms with van der Waals surface area (Å²) >= 11 is 0. The highest BCUT2D eigenvalue weighted by atomic mass is 31.2. The number of hydrogen-bond acceptors (Lipinski definition) is 12. The number of hydrogen-bond donors (Lipinski definition) is 6. The summed E-state index contributed by atoms with van der Waals surface area (Å²) in [5.74, 6) is -1.28. The molecule has 8 atom stereocenters. The number of rotatable bonds is 36. The van der Waals surface area contributed by atoms with Crippen LogP contribution < -0.4 is 0 Å². The fourth-order valence-electron chi connectivity index (χ4n) is 7.05. The van der Waals surface area contributed by atoms with Gasteiger partial charge in [-0.05, 0) is 6.42 Å². The summed E-state index contributed by atoms with van der Waals surface area (Å²) < 4.78 is 32.2. The van der Waals surface area contributed by atoms with Gasteiger partial charge in [0.1, 0.15) is 43.2 Å². The lowest BCUT2D eigenvalue weighted by molar-refractivity contribution is -0.220. The van der Waals surface area contributed by atoms with Crippen molar-refractivity contribution in [2.45, 2.75) is 236 Å². The van der Waals surface area contributed by atoms with Crippen molar-refractivity contribution >= 4 is 19.8 Å². The van der Waals surface area contributed by atoms with Crippen molar-refractivity contribution in [2.75, 3.05) is 13.2 Å². The third-order valence-electron chi connectivity index (χ3n) is 10.5. The van der Waals surface area contributed by atoms with E-state index in [0.29, 0.717) is 6.42 Å². The number of phosphoric ester groups is 1. The fourth-order valence-corrected chi connectivity index (χ4v) is 8.03. The summed E-state index contributed by atoms with van der Waals surface area (Å²) in [4.78, 5) is 33.8. The van der Waals surface area contributed by atoms with Crippen molar-refractivity contribution in [1.82, 2.24) is 0 Å². The number of unbranched alkanes of at least 4 members (excludes halogenated alkanes) is 26. The Morgan fingerprint density at radius 1 is 0.527 bits per heavy atom. The zero-order valence-electron chi connectivity index (χ0n) is 34.2. The number of aliphatic hydroxyl groups is 5. The van der Waals surface area contributed by atoms with Crippen molar-refractivity contribution in [3.63, 3.8) is 0 Å². The fraction of sp³-hybridized carbons (Fsp3) is 0.951. The first-order valence-corrected chi connectivity index (χ1v) is 23.3. The number of esters is 2. The molecule has 1 saturated carbocycles. The van der Waals surface area contributed by atoms with Gasteiger partial charge in [-0.3, -0.25) is 18.6 Å². The van der Waals surface area contributed by atoms with Gasteiger partial charge in [-0.15, -0.1) is 0 Å². The molecule has 0 spiro atoms. The Balaban J connectivity index is 1.98. The van der Waals surface area contributed by atoms with Gasteiger partial charge in [0.2, 0.25) is 0 Å². The van der Waals surface area contributed by atoms with E-state index in [1.807, 2.05) is 0 Å².